The molecule has 2 N–H and O–H groups in total. The average molecular weight is 312 g/mol. The van der Waals surface area contributed by atoms with Crippen LogP contribution >= 0.6 is 0 Å². The first-order valence-electron chi connectivity index (χ1n) is 7.83. The van der Waals surface area contributed by atoms with Crippen LogP contribution in [0, 0.1) is 6.92 Å². The van der Waals surface area contributed by atoms with Gasteiger partial charge in [0.2, 0.25) is 0 Å². The molecule has 0 aliphatic heterocycles. The minimum Gasteiger partial charge on any atom is -0.395 e. The van der Waals surface area contributed by atoms with Gasteiger partial charge in [0.25, 0.3) is 11.5 Å². The first kappa shape index (κ1) is 15.5. The molecule has 0 radical (unpaired) electrons. The number of benzene rings is 1. The molecule has 0 atom stereocenters. The van der Waals surface area contributed by atoms with Crippen LogP contribution in [0.5, 0.6) is 0 Å². The number of carbonyl (C=O) groups excluding carboxylic acids is 1. The summed E-state index contributed by atoms with van der Waals surface area (Å²) in [5.41, 5.74) is 2.28. The summed E-state index contributed by atoms with van der Waals surface area (Å²) in [6.07, 6.45) is 1.86. The summed E-state index contributed by atoms with van der Waals surface area (Å²) in [7, 11) is 0. The number of carbonyl (C=O) groups is 1. The molecule has 1 aliphatic carbocycles. The van der Waals surface area contributed by atoms with Crippen molar-refractivity contribution in [1.29, 1.82) is 0 Å². The summed E-state index contributed by atoms with van der Waals surface area (Å²) in [6.45, 7) is 1.99. The Balaban J connectivity index is 2.02. The van der Waals surface area contributed by atoms with E-state index in [1.165, 1.54) is 0 Å². The van der Waals surface area contributed by atoms with E-state index in [2.05, 4.69) is 4.98 Å². The van der Waals surface area contributed by atoms with Gasteiger partial charge < -0.3 is 15.0 Å². The Labute approximate surface area is 134 Å². The Morgan fingerprint density at radius 3 is 2.61 bits per heavy atom. The minimum atomic E-state index is -0.379. The van der Waals surface area contributed by atoms with Gasteiger partial charge in [-0.3, -0.25) is 9.59 Å². The van der Waals surface area contributed by atoms with E-state index in [1.54, 1.807) is 11.0 Å². The molecule has 0 unspecified atom stereocenters. The number of aliphatic hydroxyl groups is 1. The molecule has 120 valence electrons. The Morgan fingerprint density at radius 2 is 2.00 bits per heavy atom. The van der Waals surface area contributed by atoms with Crippen LogP contribution in [-0.2, 0) is 0 Å². The van der Waals surface area contributed by atoms with Gasteiger partial charge in [-0.1, -0.05) is 30.3 Å². The molecule has 0 saturated heterocycles. The molecular formula is C18H20N2O3. The second-order valence-corrected chi connectivity index (χ2v) is 5.87. The highest BCUT2D eigenvalue weighted by Gasteiger charge is 2.33. The number of pyridine rings is 1. The van der Waals surface area contributed by atoms with Gasteiger partial charge in [0.1, 0.15) is 5.56 Å². The van der Waals surface area contributed by atoms with Gasteiger partial charge in [0.05, 0.1) is 6.61 Å². The Bertz CT molecular complexity index is 764. The monoisotopic (exact) mass is 312 g/mol. The van der Waals surface area contributed by atoms with E-state index in [9.17, 15) is 14.7 Å². The number of nitrogens with one attached hydrogen (secondary N) is 1. The molecule has 23 heavy (non-hydrogen) atoms. The second-order valence-electron chi connectivity index (χ2n) is 5.87. The topological polar surface area (TPSA) is 73.4 Å². The van der Waals surface area contributed by atoms with Crippen LogP contribution in [0.1, 0.15) is 28.9 Å². The summed E-state index contributed by atoms with van der Waals surface area (Å²) in [5, 5.41) is 9.18. The second kappa shape index (κ2) is 6.38. The summed E-state index contributed by atoms with van der Waals surface area (Å²) in [4.78, 5) is 29.4. The Morgan fingerprint density at radius 1 is 1.30 bits per heavy atom. The van der Waals surface area contributed by atoms with Crippen molar-refractivity contribution in [3.63, 3.8) is 0 Å². The molecular weight excluding hydrogens is 292 g/mol. The first-order chi connectivity index (χ1) is 11.1. The molecule has 0 spiro atoms. The SMILES string of the molecule is Cc1[nH]c(=O)c(C(=O)N(CCO)C2CC2)cc1-c1ccccc1. The number of aromatic amines is 1. The number of nitrogens with zero attached hydrogens (tertiary/aromatic N) is 1. The van der Waals surface area contributed by atoms with Crippen LogP contribution in [0.15, 0.2) is 41.2 Å². The van der Waals surface area contributed by atoms with Crippen molar-refractivity contribution in [3.8, 4) is 11.1 Å². The molecule has 5 heteroatoms. The molecule has 0 bridgehead atoms. The van der Waals surface area contributed by atoms with E-state index in [0.717, 1.165) is 29.7 Å². The number of amides is 1. The molecule has 1 aliphatic rings. The largest absolute Gasteiger partial charge is 0.395 e. The standard InChI is InChI=1S/C18H20N2O3/c1-12-15(13-5-3-2-4-6-13)11-16(17(22)19-12)18(23)20(9-10-21)14-7-8-14/h2-6,11,14,21H,7-10H2,1H3,(H,19,22). The Kier molecular flexibility index (Phi) is 4.30. The van der Waals surface area contributed by atoms with E-state index < -0.39 is 0 Å². The third kappa shape index (κ3) is 3.19. The normalized spacial score (nSPS) is 13.8. The summed E-state index contributed by atoms with van der Waals surface area (Å²) >= 11 is 0. The quantitative estimate of drug-likeness (QED) is 0.886. The summed E-state index contributed by atoms with van der Waals surface area (Å²) < 4.78 is 0. The number of aryl methyl sites for hydroxylation is 1. The maximum Gasteiger partial charge on any atom is 0.261 e. The lowest BCUT2D eigenvalue weighted by Crippen LogP contribution is -2.38. The molecule has 5 nitrogen and oxygen atoms in total. The van der Waals surface area contributed by atoms with Gasteiger partial charge in [0, 0.05) is 23.8 Å². The van der Waals surface area contributed by atoms with Gasteiger partial charge in [-0.05, 0) is 31.4 Å². The van der Waals surface area contributed by atoms with Crippen LogP contribution in [0.3, 0.4) is 0 Å². The molecule has 1 aromatic carbocycles. The third-order valence-corrected chi connectivity index (χ3v) is 4.14. The van der Waals surface area contributed by atoms with Gasteiger partial charge in [-0.2, -0.15) is 0 Å². The van der Waals surface area contributed by atoms with E-state index in [-0.39, 0.29) is 36.2 Å². The molecule has 1 saturated carbocycles. The molecule has 1 amide bonds. The highest BCUT2D eigenvalue weighted by atomic mass is 16.3. The molecule has 2 aromatic rings. The number of rotatable bonds is 5. The van der Waals surface area contributed by atoms with Crippen LogP contribution in [-0.4, -0.2) is 40.1 Å². The summed E-state index contributed by atoms with van der Waals surface area (Å²) in [5.74, 6) is -0.306. The van der Waals surface area contributed by atoms with Crippen molar-refractivity contribution < 1.29 is 9.90 Å². The van der Waals surface area contributed by atoms with Crippen molar-refractivity contribution in [1.82, 2.24) is 9.88 Å². The Hall–Kier alpha value is -2.40. The van der Waals surface area contributed by atoms with Crippen molar-refractivity contribution in [2.24, 2.45) is 0 Å². The maximum atomic E-state index is 12.7. The van der Waals surface area contributed by atoms with E-state index in [4.69, 9.17) is 0 Å². The van der Waals surface area contributed by atoms with Crippen molar-refractivity contribution in [2.75, 3.05) is 13.2 Å². The van der Waals surface area contributed by atoms with E-state index in [0.29, 0.717) is 0 Å². The summed E-state index contributed by atoms with van der Waals surface area (Å²) in [6, 6.07) is 11.5. The van der Waals surface area contributed by atoms with Gasteiger partial charge in [-0.15, -0.1) is 0 Å². The fourth-order valence-corrected chi connectivity index (χ4v) is 2.80. The minimum absolute atomic E-state index is 0.0997. The number of hydrogen-bond acceptors (Lipinski definition) is 3. The van der Waals surface area contributed by atoms with Gasteiger partial charge in [-0.25, -0.2) is 0 Å². The molecule has 1 aromatic heterocycles. The van der Waals surface area contributed by atoms with Crippen LogP contribution < -0.4 is 5.56 Å². The fourth-order valence-electron chi connectivity index (χ4n) is 2.80. The van der Waals surface area contributed by atoms with E-state index in [1.807, 2.05) is 37.3 Å². The predicted molar refractivity (Wildman–Crippen MR) is 88.4 cm³/mol. The zero-order valence-electron chi connectivity index (χ0n) is 13.1. The zero-order chi connectivity index (χ0) is 16.4. The lowest BCUT2D eigenvalue weighted by molar-refractivity contribution is 0.0706. The van der Waals surface area contributed by atoms with Crippen molar-refractivity contribution >= 4 is 5.91 Å². The number of aliphatic hydroxyl groups excluding tert-OH is 1. The fraction of sp³-hybridized carbons (Fsp3) is 0.333. The highest BCUT2D eigenvalue weighted by Crippen LogP contribution is 2.28. The molecule has 1 fully saturated rings. The molecule has 3 rings (SSSR count). The van der Waals surface area contributed by atoms with Gasteiger partial charge >= 0.3 is 0 Å². The van der Waals surface area contributed by atoms with Crippen LogP contribution in [0.25, 0.3) is 11.1 Å². The number of aromatic nitrogens is 1. The van der Waals surface area contributed by atoms with Crippen molar-refractivity contribution in [3.05, 3.63) is 58.0 Å². The number of H-pyrrole nitrogens is 1. The first-order valence-corrected chi connectivity index (χ1v) is 7.83. The number of hydrogen-bond donors (Lipinski definition) is 2. The average Bonchev–Trinajstić information content (AvgIpc) is 3.38. The van der Waals surface area contributed by atoms with Crippen LogP contribution in [0.2, 0.25) is 0 Å². The lowest BCUT2D eigenvalue weighted by Gasteiger charge is -2.21. The maximum absolute atomic E-state index is 12.7. The smallest absolute Gasteiger partial charge is 0.261 e. The molecule has 1 heterocycles. The van der Waals surface area contributed by atoms with Crippen LogP contribution in [0.4, 0.5) is 0 Å². The third-order valence-electron chi connectivity index (χ3n) is 4.14. The van der Waals surface area contributed by atoms with Gasteiger partial charge in [0.15, 0.2) is 0 Å². The lowest BCUT2D eigenvalue weighted by atomic mass is 10.0. The highest BCUT2D eigenvalue weighted by molar-refractivity contribution is 5.95. The van der Waals surface area contributed by atoms with Crippen molar-refractivity contribution in [2.45, 2.75) is 25.8 Å². The predicted octanol–water partition coefficient (Wildman–Crippen LogP) is 1.95. The zero-order valence-corrected chi connectivity index (χ0v) is 13.1. The van der Waals surface area contributed by atoms with E-state index >= 15 is 0 Å².